The number of benzene rings is 1. The summed E-state index contributed by atoms with van der Waals surface area (Å²) < 4.78 is 7.58. The van der Waals surface area contributed by atoms with E-state index < -0.39 is 0 Å². The Morgan fingerprint density at radius 1 is 1.15 bits per heavy atom. The average Bonchev–Trinajstić information content (AvgIpc) is 3.30. The number of hydrogen-bond donors (Lipinski definition) is 1. The Balaban J connectivity index is 1.61. The highest BCUT2D eigenvalue weighted by molar-refractivity contribution is 9.10. The van der Waals surface area contributed by atoms with Crippen molar-refractivity contribution < 1.29 is 4.74 Å². The van der Waals surface area contributed by atoms with Crippen molar-refractivity contribution in [3.63, 3.8) is 0 Å². The molecule has 0 heterocycles. The minimum atomic E-state index is 0.0656. The summed E-state index contributed by atoms with van der Waals surface area (Å²) in [5, 5.41) is 3.68. The molecule has 1 N–H and O–H groups in total. The van der Waals surface area contributed by atoms with Gasteiger partial charge in [0.25, 0.3) is 0 Å². The van der Waals surface area contributed by atoms with Gasteiger partial charge in [-0.15, -0.1) is 0 Å². The fraction of sp³-hybridized carbons (Fsp3) is 0.647. The molecule has 2 nitrogen and oxygen atoms in total. The molecule has 0 atom stereocenters. The van der Waals surface area contributed by atoms with Crippen molar-refractivity contribution in [2.24, 2.45) is 0 Å². The first-order chi connectivity index (χ1) is 9.77. The zero-order chi connectivity index (χ0) is 13.8. The van der Waals surface area contributed by atoms with Crippen LogP contribution in [0.4, 0.5) is 0 Å². The van der Waals surface area contributed by atoms with Gasteiger partial charge in [-0.1, -0.05) is 53.4 Å². The van der Waals surface area contributed by atoms with Crippen molar-refractivity contribution >= 4 is 15.9 Å². The molecule has 0 saturated heterocycles. The van der Waals surface area contributed by atoms with Gasteiger partial charge in [0.15, 0.2) is 0 Å². The number of ether oxygens (including phenoxy) is 1. The van der Waals surface area contributed by atoms with Gasteiger partial charge < -0.3 is 10.1 Å². The van der Waals surface area contributed by atoms with Crippen LogP contribution in [-0.4, -0.2) is 18.2 Å². The fourth-order valence-corrected chi connectivity index (χ4v) is 3.43. The Bertz CT molecular complexity index is 438. The highest BCUT2D eigenvalue weighted by Gasteiger charge is 2.35. The van der Waals surface area contributed by atoms with Crippen molar-refractivity contribution in [3.8, 4) is 0 Å². The lowest BCUT2D eigenvalue weighted by molar-refractivity contribution is -0.0789. The third-order valence-electron chi connectivity index (χ3n) is 4.55. The van der Waals surface area contributed by atoms with E-state index in [1.807, 2.05) is 0 Å². The first kappa shape index (κ1) is 14.6. The van der Waals surface area contributed by atoms with Crippen LogP contribution in [0.1, 0.15) is 50.5 Å². The molecule has 0 unspecified atom stereocenters. The Morgan fingerprint density at radius 2 is 1.90 bits per heavy atom. The van der Waals surface area contributed by atoms with E-state index in [4.69, 9.17) is 4.74 Å². The first-order valence-corrected chi connectivity index (χ1v) is 8.68. The molecule has 110 valence electrons. The topological polar surface area (TPSA) is 21.3 Å². The van der Waals surface area contributed by atoms with Crippen molar-refractivity contribution in [3.05, 3.63) is 34.3 Å². The van der Waals surface area contributed by atoms with E-state index in [2.05, 4.69) is 45.5 Å². The van der Waals surface area contributed by atoms with Crippen molar-refractivity contribution in [2.45, 2.75) is 63.2 Å². The van der Waals surface area contributed by atoms with Crippen molar-refractivity contribution in [2.75, 3.05) is 6.54 Å². The van der Waals surface area contributed by atoms with Gasteiger partial charge in [-0.25, -0.2) is 0 Å². The van der Waals surface area contributed by atoms with Crippen LogP contribution in [-0.2, 0) is 11.3 Å². The SMILES string of the molecule is Brc1ccccc1COC1(CNC2CC2)CCCCC1. The normalized spacial score (nSPS) is 21.9. The molecule has 2 aliphatic carbocycles. The van der Waals surface area contributed by atoms with Gasteiger partial charge in [-0.05, 0) is 37.3 Å². The molecule has 0 spiro atoms. The Kier molecular flexibility index (Phi) is 4.79. The summed E-state index contributed by atoms with van der Waals surface area (Å²) in [5.74, 6) is 0. The van der Waals surface area contributed by atoms with Gasteiger partial charge >= 0.3 is 0 Å². The molecule has 0 aromatic heterocycles. The smallest absolute Gasteiger partial charge is 0.0810 e. The van der Waals surface area contributed by atoms with Gasteiger partial charge in [-0.2, -0.15) is 0 Å². The van der Waals surface area contributed by atoms with Crippen LogP contribution in [0.25, 0.3) is 0 Å². The van der Waals surface area contributed by atoms with Crippen LogP contribution in [0.3, 0.4) is 0 Å². The lowest BCUT2D eigenvalue weighted by Gasteiger charge is -2.38. The van der Waals surface area contributed by atoms with Crippen LogP contribution in [0.5, 0.6) is 0 Å². The Labute approximate surface area is 130 Å². The van der Waals surface area contributed by atoms with Gasteiger partial charge in [0.2, 0.25) is 0 Å². The van der Waals surface area contributed by atoms with Crippen LogP contribution in [0, 0.1) is 0 Å². The molecule has 2 fully saturated rings. The molecule has 3 rings (SSSR count). The van der Waals surface area contributed by atoms with Gasteiger partial charge in [0, 0.05) is 17.1 Å². The third-order valence-corrected chi connectivity index (χ3v) is 5.32. The number of halogens is 1. The molecular weight excluding hydrogens is 314 g/mol. The summed E-state index contributed by atoms with van der Waals surface area (Å²) in [7, 11) is 0. The highest BCUT2D eigenvalue weighted by atomic mass is 79.9. The summed E-state index contributed by atoms with van der Waals surface area (Å²) in [4.78, 5) is 0. The van der Waals surface area contributed by atoms with Crippen LogP contribution in [0.2, 0.25) is 0 Å². The predicted octanol–water partition coefficient (Wildman–Crippen LogP) is 4.42. The van der Waals surface area contributed by atoms with Crippen LogP contribution < -0.4 is 5.32 Å². The third kappa shape index (κ3) is 3.84. The van der Waals surface area contributed by atoms with Gasteiger partial charge in [0.05, 0.1) is 12.2 Å². The van der Waals surface area contributed by atoms with E-state index in [1.54, 1.807) is 0 Å². The Morgan fingerprint density at radius 3 is 2.60 bits per heavy atom. The number of rotatable bonds is 6. The molecule has 0 bridgehead atoms. The summed E-state index contributed by atoms with van der Waals surface area (Å²) >= 11 is 3.62. The van der Waals surface area contributed by atoms with E-state index in [-0.39, 0.29) is 5.60 Å². The maximum Gasteiger partial charge on any atom is 0.0810 e. The zero-order valence-electron chi connectivity index (χ0n) is 12.0. The van der Waals surface area contributed by atoms with E-state index in [0.29, 0.717) is 6.61 Å². The van der Waals surface area contributed by atoms with Crippen molar-refractivity contribution in [1.29, 1.82) is 0 Å². The maximum absolute atomic E-state index is 6.42. The summed E-state index contributed by atoms with van der Waals surface area (Å²) in [6, 6.07) is 9.14. The predicted molar refractivity (Wildman–Crippen MR) is 85.8 cm³/mol. The molecule has 20 heavy (non-hydrogen) atoms. The van der Waals surface area contributed by atoms with E-state index in [0.717, 1.165) is 17.1 Å². The minimum absolute atomic E-state index is 0.0656. The first-order valence-electron chi connectivity index (χ1n) is 7.88. The molecule has 2 aliphatic rings. The fourth-order valence-electron chi connectivity index (χ4n) is 3.03. The average molecular weight is 338 g/mol. The molecule has 1 aromatic carbocycles. The van der Waals surface area contributed by atoms with Gasteiger partial charge in [0.1, 0.15) is 0 Å². The largest absolute Gasteiger partial charge is 0.369 e. The second-order valence-electron chi connectivity index (χ2n) is 6.28. The molecule has 0 amide bonds. The maximum atomic E-state index is 6.42. The molecular formula is C17H24BrNO. The minimum Gasteiger partial charge on any atom is -0.369 e. The van der Waals surface area contributed by atoms with Crippen LogP contribution >= 0.6 is 15.9 Å². The van der Waals surface area contributed by atoms with Crippen LogP contribution in [0.15, 0.2) is 28.7 Å². The molecule has 0 aliphatic heterocycles. The zero-order valence-corrected chi connectivity index (χ0v) is 13.6. The highest BCUT2D eigenvalue weighted by Crippen LogP contribution is 2.33. The number of hydrogen-bond acceptors (Lipinski definition) is 2. The molecule has 2 saturated carbocycles. The van der Waals surface area contributed by atoms with E-state index in [1.165, 1.54) is 50.5 Å². The summed E-state index contributed by atoms with van der Waals surface area (Å²) in [6.07, 6.45) is 9.09. The second-order valence-corrected chi connectivity index (χ2v) is 7.13. The van der Waals surface area contributed by atoms with Gasteiger partial charge in [-0.3, -0.25) is 0 Å². The van der Waals surface area contributed by atoms with Crippen molar-refractivity contribution in [1.82, 2.24) is 5.32 Å². The lowest BCUT2D eigenvalue weighted by Crippen LogP contribution is -2.45. The number of nitrogens with one attached hydrogen (secondary N) is 1. The van der Waals surface area contributed by atoms with E-state index >= 15 is 0 Å². The van der Waals surface area contributed by atoms with E-state index in [9.17, 15) is 0 Å². The monoisotopic (exact) mass is 337 g/mol. The Hall–Kier alpha value is -0.380. The summed E-state index contributed by atoms with van der Waals surface area (Å²) in [6.45, 7) is 1.75. The lowest BCUT2D eigenvalue weighted by atomic mass is 9.84. The molecule has 1 aromatic rings. The quantitative estimate of drug-likeness (QED) is 0.829. The molecule has 3 heteroatoms. The summed E-state index contributed by atoms with van der Waals surface area (Å²) in [5.41, 5.74) is 1.32. The molecule has 0 radical (unpaired) electrons. The standard InChI is InChI=1S/C17H24BrNO/c18-16-7-3-2-6-14(16)12-20-17(10-4-1-5-11-17)13-19-15-8-9-15/h2-3,6-7,15,19H,1,4-5,8-13H2. The second kappa shape index (κ2) is 6.59.